The van der Waals surface area contributed by atoms with Gasteiger partial charge in [-0.3, -0.25) is 4.79 Å². The van der Waals surface area contributed by atoms with Crippen molar-refractivity contribution in [2.45, 2.75) is 39.0 Å². The highest BCUT2D eigenvalue weighted by atomic mass is 16.5. The lowest BCUT2D eigenvalue weighted by atomic mass is 9.97. The van der Waals surface area contributed by atoms with Crippen LogP contribution in [0.5, 0.6) is 5.75 Å². The lowest BCUT2D eigenvalue weighted by Gasteiger charge is -2.14. The number of benzene rings is 1. The van der Waals surface area contributed by atoms with Gasteiger partial charge >= 0.3 is 6.03 Å². The molecule has 1 aliphatic rings. The van der Waals surface area contributed by atoms with Crippen molar-refractivity contribution in [2.75, 3.05) is 24.3 Å². The normalized spacial score (nSPS) is 13.7. The topological polar surface area (TPSA) is 79.5 Å². The summed E-state index contributed by atoms with van der Waals surface area (Å²) in [6.07, 6.45) is 8.01. The van der Waals surface area contributed by atoms with Gasteiger partial charge in [-0.25, -0.2) is 4.79 Å². The molecule has 2 rings (SSSR count). The molecule has 0 spiro atoms. The van der Waals surface area contributed by atoms with E-state index in [0.717, 1.165) is 19.3 Å². The Bertz CT molecular complexity index is 626. The molecule has 0 saturated carbocycles. The van der Waals surface area contributed by atoms with Crippen LogP contribution in [0.25, 0.3) is 0 Å². The zero-order valence-electron chi connectivity index (χ0n) is 14.3. The van der Waals surface area contributed by atoms with Gasteiger partial charge in [-0.2, -0.15) is 0 Å². The summed E-state index contributed by atoms with van der Waals surface area (Å²) < 4.78 is 5.24. The first-order chi connectivity index (χ1) is 11.6. The lowest BCUT2D eigenvalue weighted by molar-refractivity contribution is -0.114. The average molecular weight is 331 g/mol. The van der Waals surface area contributed by atoms with Crippen LogP contribution in [0.2, 0.25) is 0 Å². The molecule has 0 aliphatic heterocycles. The Balaban J connectivity index is 1.84. The number of urea groups is 1. The Labute approximate surface area is 142 Å². The molecular formula is C18H25N3O3. The third-order valence-electron chi connectivity index (χ3n) is 3.89. The van der Waals surface area contributed by atoms with Crippen molar-refractivity contribution in [3.63, 3.8) is 0 Å². The van der Waals surface area contributed by atoms with Crippen LogP contribution >= 0.6 is 0 Å². The number of hydrogen-bond acceptors (Lipinski definition) is 3. The third kappa shape index (κ3) is 5.61. The van der Waals surface area contributed by atoms with E-state index in [0.29, 0.717) is 23.7 Å². The van der Waals surface area contributed by atoms with Crippen molar-refractivity contribution in [3.05, 3.63) is 29.8 Å². The molecule has 0 aromatic heterocycles. The average Bonchev–Trinajstić information content (AvgIpc) is 2.56. The predicted octanol–water partition coefficient (Wildman–Crippen LogP) is 3.67. The number of anilines is 2. The molecule has 0 bridgehead atoms. The summed E-state index contributed by atoms with van der Waals surface area (Å²) in [5.74, 6) is 0.319. The lowest BCUT2D eigenvalue weighted by Crippen LogP contribution is -2.29. The van der Waals surface area contributed by atoms with E-state index < -0.39 is 0 Å². The fourth-order valence-electron chi connectivity index (χ4n) is 2.71. The largest absolute Gasteiger partial charge is 0.494 e. The predicted molar refractivity (Wildman–Crippen MR) is 95.5 cm³/mol. The fraction of sp³-hybridized carbons (Fsp3) is 0.444. The number of hydrogen-bond donors (Lipinski definition) is 3. The molecule has 6 heteroatoms. The minimum absolute atomic E-state index is 0.177. The molecule has 24 heavy (non-hydrogen) atoms. The van der Waals surface area contributed by atoms with E-state index in [4.69, 9.17) is 4.74 Å². The summed E-state index contributed by atoms with van der Waals surface area (Å²) in [6, 6.07) is 4.84. The number of rotatable bonds is 6. The third-order valence-corrected chi connectivity index (χ3v) is 3.89. The second kappa shape index (κ2) is 8.96. The standard InChI is InChI=1S/C18H25N3O3/c1-13(22)20-16-9-8-15(12-17(16)24-2)21-18(23)19-11-10-14-6-4-3-5-7-14/h6,8-9,12H,3-5,7,10-11H2,1-2H3,(H,20,22)(H2,19,21,23). The van der Waals surface area contributed by atoms with Gasteiger partial charge in [0.2, 0.25) is 5.91 Å². The maximum atomic E-state index is 12.0. The first-order valence-electron chi connectivity index (χ1n) is 8.27. The molecule has 3 N–H and O–H groups in total. The zero-order valence-corrected chi connectivity index (χ0v) is 14.3. The summed E-state index contributed by atoms with van der Waals surface area (Å²) in [4.78, 5) is 23.1. The van der Waals surface area contributed by atoms with E-state index in [2.05, 4.69) is 22.0 Å². The summed E-state index contributed by atoms with van der Waals surface area (Å²) in [5, 5.41) is 8.31. The number of carbonyl (C=O) groups excluding carboxylic acids is 2. The monoisotopic (exact) mass is 331 g/mol. The van der Waals surface area contributed by atoms with Crippen LogP contribution in [0.4, 0.5) is 16.2 Å². The van der Waals surface area contributed by atoms with Crippen molar-refractivity contribution in [3.8, 4) is 5.75 Å². The quantitative estimate of drug-likeness (QED) is 0.696. The van der Waals surface area contributed by atoms with Crippen molar-refractivity contribution < 1.29 is 14.3 Å². The maximum absolute atomic E-state index is 12.0. The molecule has 1 aromatic carbocycles. The van der Waals surface area contributed by atoms with Crippen molar-refractivity contribution in [1.82, 2.24) is 5.32 Å². The molecule has 0 atom stereocenters. The van der Waals surface area contributed by atoms with Crippen LogP contribution in [0, 0.1) is 0 Å². The zero-order chi connectivity index (χ0) is 17.4. The minimum Gasteiger partial charge on any atom is -0.494 e. The molecule has 3 amide bonds. The molecular weight excluding hydrogens is 306 g/mol. The second-order valence-corrected chi connectivity index (χ2v) is 5.84. The fourth-order valence-corrected chi connectivity index (χ4v) is 2.71. The molecule has 0 unspecified atom stereocenters. The summed E-state index contributed by atoms with van der Waals surface area (Å²) in [7, 11) is 1.52. The number of ether oxygens (including phenoxy) is 1. The maximum Gasteiger partial charge on any atom is 0.319 e. The number of carbonyl (C=O) groups is 2. The van der Waals surface area contributed by atoms with Gasteiger partial charge in [-0.1, -0.05) is 11.6 Å². The van der Waals surface area contributed by atoms with E-state index in [-0.39, 0.29) is 11.9 Å². The smallest absolute Gasteiger partial charge is 0.319 e. The minimum atomic E-state index is -0.249. The van der Waals surface area contributed by atoms with Crippen molar-refractivity contribution in [2.24, 2.45) is 0 Å². The van der Waals surface area contributed by atoms with E-state index in [1.807, 2.05) is 0 Å². The highest BCUT2D eigenvalue weighted by molar-refractivity contribution is 5.93. The summed E-state index contributed by atoms with van der Waals surface area (Å²) in [5.41, 5.74) is 2.61. The molecule has 130 valence electrons. The van der Waals surface area contributed by atoms with Gasteiger partial charge in [0.15, 0.2) is 0 Å². The first-order valence-corrected chi connectivity index (χ1v) is 8.27. The van der Waals surface area contributed by atoms with Crippen LogP contribution in [0.3, 0.4) is 0 Å². The number of allylic oxidation sites excluding steroid dienone is 1. The van der Waals surface area contributed by atoms with Crippen LogP contribution in [0.1, 0.15) is 39.0 Å². The summed E-state index contributed by atoms with van der Waals surface area (Å²) >= 11 is 0. The van der Waals surface area contributed by atoms with Gasteiger partial charge < -0.3 is 20.7 Å². The molecule has 0 saturated heterocycles. The highest BCUT2D eigenvalue weighted by Gasteiger charge is 2.09. The number of nitrogens with one attached hydrogen (secondary N) is 3. The second-order valence-electron chi connectivity index (χ2n) is 5.84. The van der Waals surface area contributed by atoms with Gasteiger partial charge in [0.05, 0.1) is 12.8 Å². The Morgan fingerprint density at radius 2 is 2.04 bits per heavy atom. The van der Waals surface area contributed by atoms with Gasteiger partial charge in [0.1, 0.15) is 5.75 Å². The van der Waals surface area contributed by atoms with Crippen molar-refractivity contribution in [1.29, 1.82) is 0 Å². The first kappa shape index (κ1) is 17.8. The Morgan fingerprint density at radius 1 is 1.21 bits per heavy atom. The Morgan fingerprint density at radius 3 is 2.71 bits per heavy atom. The van der Waals surface area contributed by atoms with Gasteiger partial charge in [-0.05, 0) is 44.2 Å². The SMILES string of the molecule is COc1cc(NC(=O)NCCC2=CCCCC2)ccc1NC(C)=O. The van der Waals surface area contributed by atoms with E-state index in [1.165, 1.54) is 32.4 Å². The van der Waals surface area contributed by atoms with Gasteiger partial charge in [0, 0.05) is 25.2 Å². The van der Waals surface area contributed by atoms with Gasteiger partial charge in [0.25, 0.3) is 0 Å². The molecule has 1 aliphatic carbocycles. The van der Waals surface area contributed by atoms with E-state index >= 15 is 0 Å². The molecule has 0 radical (unpaired) electrons. The molecule has 6 nitrogen and oxygen atoms in total. The number of amides is 3. The molecule has 0 heterocycles. The van der Waals surface area contributed by atoms with E-state index in [1.54, 1.807) is 18.2 Å². The van der Waals surface area contributed by atoms with Crippen LogP contribution in [0.15, 0.2) is 29.8 Å². The van der Waals surface area contributed by atoms with Gasteiger partial charge in [-0.15, -0.1) is 0 Å². The van der Waals surface area contributed by atoms with Crippen molar-refractivity contribution >= 4 is 23.3 Å². The Kier molecular flexibility index (Phi) is 6.66. The Hall–Kier alpha value is -2.50. The van der Waals surface area contributed by atoms with Crippen LogP contribution < -0.4 is 20.7 Å². The van der Waals surface area contributed by atoms with Crippen LogP contribution in [-0.2, 0) is 4.79 Å². The van der Waals surface area contributed by atoms with E-state index in [9.17, 15) is 9.59 Å². The highest BCUT2D eigenvalue weighted by Crippen LogP contribution is 2.27. The van der Waals surface area contributed by atoms with Crippen LogP contribution in [-0.4, -0.2) is 25.6 Å². The number of methoxy groups -OCH3 is 1. The molecule has 1 aromatic rings. The summed E-state index contributed by atoms with van der Waals surface area (Å²) in [6.45, 7) is 2.06. The molecule has 0 fully saturated rings.